The molecule has 0 unspecified atom stereocenters. The molecular weight excluding hydrogens is 354 g/mol. The Balaban J connectivity index is 2.37. The number of hydrogen-bond donors (Lipinski definition) is 0. The third kappa shape index (κ3) is 3.57. The molecule has 0 atom stereocenters. The van der Waals surface area contributed by atoms with Crippen molar-refractivity contribution in [2.45, 2.75) is 6.92 Å². The summed E-state index contributed by atoms with van der Waals surface area (Å²) < 4.78 is 11.4. The molecule has 0 aliphatic heterocycles. The third-order valence-corrected chi connectivity index (χ3v) is 4.05. The zero-order valence-electron chi connectivity index (χ0n) is 12.0. The molecular formula is C16H15BrClNO2. The van der Waals surface area contributed by atoms with Crippen LogP contribution in [-0.4, -0.2) is 20.4 Å². The molecule has 0 heterocycles. The summed E-state index contributed by atoms with van der Waals surface area (Å²) in [6.45, 7) is 1.94. The fourth-order valence-electron chi connectivity index (χ4n) is 1.89. The number of hydrogen-bond acceptors (Lipinski definition) is 3. The summed E-state index contributed by atoms with van der Waals surface area (Å²) in [6.07, 6.45) is 1.77. The van der Waals surface area contributed by atoms with Gasteiger partial charge in [0.1, 0.15) is 0 Å². The maximum atomic E-state index is 6.09. The Morgan fingerprint density at radius 2 is 1.95 bits per heavy atom. The molecule has 2 rings (SSSR count). The van der Waals surface area contributed by atoms with Crippen molar-refractivity contribution in [3.63, 3.8) is 0 Å². The molecule has 5 heteroatoms. The maximum Gasteiger partial charge on any atom is 0.174 e. The van der Waals surface area contributed by atoms with Crippen LogP contribution in [0.5, 0.6) is 11.5 Å². The molecule has 3 nitrogen and oxygen atoms in total. The SMILES string of the molecule is COc1cc(C=Nc2cccc(Cl)c2C)cc(Br)c1OC. The van der Waals surface area contributed by atoms with Gasteiger partial charge in [-0.05, 0) is 58.2 Å². The van der Waals surface area contributed by atoms with E-state index in [1.165, 1.54) is 0 Å². The molecule has 0 aromatic heterocycles. The van der Waals surface area contributed by atoms with Gasteiger partial charge in [0.15, 0.2) is 11.5 Å². The fourth-order valence-corrected chi connectivity index (χ4v) is 2.68. The van der Waals surface area contributed by atoms with Crippen LogP contribution in [0.3, 0.4) is 0 Å². The van der Waals surface area contributed by atoms with Gasteiger partial charge in [-0.15, -0.1) is 0 Å². The number of ether oxygens (including phenoxy) is 2. The van der Waals surface area contributed by atoms with Crippen LogP contribution >= 0.6 is 27.5 Å². The van der Waals surface area contributed by atoms with Crippen molar-refractivity contribution in [3.8, 4) is 11.5 Å². The minimum absolute atomic E-state index is 0.649. The first-order valence-corrected chi connectivity index (χ1v) is 7.44. The van der Waals surface area contributed by atoms with Crippen molar-refractivity contribution < 1.29 is 9.47 Å². The molecule has 0 aliphatic carbocycles. The highest BCUT2D eigenvalue weighted by Gasteiger charge is 2.09. The number of methoxy groups -OCH3 is 2. The highest BCUT2D eigenvalue weighted by atomic mass is 79.9. The maximum absolute atomic E-state index is 6.09. The van der Waals surface area contributed by atoms with Crippen LogP contribution in [0.2, 0.25) is 5.02 Å². The lowest BCUT2D eigenvalue weighted by atomic mass is 10.2. The van der Waals surface area contributed by atoms with Gasteiger partial charge >= 0.3 is 0 Å². The average Bonchev–Trinajstić information content (AvgIpc) is 2.48. The lowest BCUT2D eigenvalue weighted by Gasteiger charge is -2.10. The standard InChI is InChI=1S/C16H15BrClNO2/c1-10-13(18)5-4-6-14(10)19-9-11-7-12(17)16(21-3)15(8-11)20-2/h4-9H,1-3H3. The van der Waals surface area contributed by atoms with Crippen LogP contribution < -0.4 is 9.47 Å². The molecule has 0 saturated carbocycles. The Labute approximate surface area is 137 Å². The van der Waals surface area contributed by atoms with E-state index in [4.69, 9.17) is 21.1 Å². The van der Waals surface area contributed by atoms with Gasteiger partial charge in [0.2, 0.25) is 0 Å². The Morgan fingerprint density at radius 1 is 1.19 bits per heavy atom. The second-order valence-electron chi connectivity index (χ2n) is 4.38. The van der Waals surface area contributed by atoms with Crippen molar-refractivity contribution in [2.24, 2.45) is 4.99 Å². The van der Waals surface area contributed by atoms with Crippen molar-refractivity contribution in [3.05, 3.63) is 51.0 Å². The first kappa shape index (κ1) is 15.9. The van der Waals surface area contributed by atoms with E-state index in [1.807, 2.05) is 37.3 Å². The van der Waals surface area contributed by atoms with E-state index < -0.39 is 0 Å². The molecule has 0 N–H and O–H groups in total. The van der Waals surface area contributed by atoms with Crippen molar-refractivity contribution in [2.75, 3.05) is 14.2 Å². The van der Waals surface area contributed by atoms with E-state index in [2.05, 4.69) is 20.9 Å². The number of nitrogens with zero attached hydrogens (tertiary/aromatic N) is 1. The van der Waals surface area contributed by atoms with Gasteiger partial charge in [-0.1, -0.05) is 17.7 Å². The molecule has 0 saturated heterocycles. The van der Waals surface area contributed by atoms with E-state index in [-0.39, 0.29) is 0 Å². The molecule has 0 bridgehead atoms. The highest BCUT2D eigenvalue weighted by molar-refractivity contribution is 9.10. The fraction of sp³-hybridized carbons (Fsp3) is 0.188. The van der Waals surface area contributed by atoms with Crippen molar-refractivity contribution in [1.82, 2.24) is 0 Å². The lowest BCUT2D eigenvalue weighted by Crippen LogP contribution is -1.93. The summed E-state index contributed by atoms with van der Waals surface area (Å²) in [5, 5.41) is 0.707. The van der Waals surface area contributed by atoms with Gasteiger partial charge in [0.25, 0.3) is 0 Å². The Bertz CT molecular complexity index is 686. The van der Waals surface area contributed by atoms with Gasteiger partial charge in [0, 0.05) is 11.2 Å². The predicted molar refractivity (Wildman–Crippen MR) is 90.7 cm³/mol. The van der Waals surface area contributed by atoms with Gasteiger partial charge in [-0.3, -0.25) is 4.99 Å². The molecule has 2 aromatic carbocycles. The van der Waals surface area contributed by atoms with Crippen molar-refractivity contribution >= 4 is 39.4 Å². The zero-order valence-corrected chi connectivity index (χ0v) is 14.3. The molecule has 2 aromatic rings. The molecule has 0 aliphatic rings. The summed E-state index contributed by atoms with van der Waals surface area (Å²) >= 11 is 9.55. The first-order chi connectivity index (χ1) is 10.1. The molecule has 0 spiro atoms. The smallest absolute Gasteiger partial charge is 0.174 e. The molecule has 110 valence electrons. The minimum atomic E-state index is 0.649. The van der Waals surface area contributed by atoms with E-state index in [1.54, 1.807) is 20.4 Å². The van der Waals surface area contributed by atoms with Crippen LogP contribution in [0, 0.1) is 6.92 Å². The second-order valence-corrected chi connectivity index (χ2v) is 5.64. The number of benzene rings is 2. The predicted octanol–water partition coefficient (Wildman–Crippen LogP) is 5.18. The summed E-state index contributed by atoms with van der Waals surface area (Å²) in [6, 6.07) is 9.45. The van der Waals surface area contributed by atoms with E-state index in [0.717, 1.165) is 21.3 Å². The molecule has 0 amide bonds. The highest BCUT2D eigenvalue weighted by Crippen LogP contribution is 2.36. The Hall–Kier alpha value is -1.52. The summed E-state index contributed by atoms with van der Waals surface area (Å²) in [5.41, 5.74) is 2.70. The van der Waals surface area contributed by atoms with Gasteiger partial charge in [-0.2, -0.15) is 0 Å². The normalized spacial score (nSPS) is 10.9. The van der Waals surface area contributed by atoms with E-state index in [0.29, 0.717) is 16.5 Å². The van der Waals surface area contributed by atoms with Gasteiger partial charge in [0.05, 0.1) is 24.4 Å². The summed E-state index contributed by atoms with van der Waals surface area (Å²) in [4.78, 5) is 4.48. The molecule has 21 heavy (non-hydrogen) atoms. The third-order valence-electron chi connectivity index (χ3n) is 3.05. The number of aliphatic imine (C=N–C) groups is 1. The molecule has 0 fully saturated rings. The van der Waals surface area contributed by atoms with E-state index >= 15 is 0 Å². The monoisotopic (exact) mass is 367 g/mol. The Kier molecular flexibility index (Phi) is 5.26. The number of rotatable bonds is 4. The average molecular weight is 369 g/mol. The van der Waals surface area contributed by atoms with Crippen LogP contribution in [0.4, 0.5) is 5.69 Å². The molecule has 0 radical (unpaired) electrons. The quantitative estimate of drug-likeness (QED) is 0.696. The van der Waals surface area contributed by atoms with Gasteiger partial charge < -0.3 is 9.47 Å². The van der Waals surface area contributed by atoms with Crippen LogP contribution in [0.1, 0.15) is 11.1 Å². The van der Waals surface area contributed by atoms with Crippen molar-refractivity contribution in [1.29, 1.82) is 0 Å². The van der Waals surface area contributed by atoms with Crippen LogP contribution in [0.25, 0.3) is 0 Å². The summed E-state index contributed by atoms with van der Waals surface area (Å²) in [5.74, 6) is 1.31. The number of halogens is 2. The largest absolute Gasteiger partial charge is 0.493 e. The minimum Gasteiger partial charge on any atom is -0.493 e. The first-order valence-electron chi connectivity index (χ1n) is 6.27. The second kappa shape index (κ2) is 6.96. The van der Waals surface area contributed by atoms with Gasteiger partial charge in [-0.25, -0.2) is 0 Å². The zero-order chi connectivity index (χ0) is 15.4. The summed E-state index contributed by atoms with van der Waals surface area (Å²) in [7, 11) is 3.21. The lowest BCUT2D eigenvalue weighted by molar-refractivity contribution is 0.353. The topological polar surface area (TPSA) is 30.8 Å². The van der Waals surface area contributed by atoms with E-state index in [9.17, 15) is 0 Å². The van der Waals surface area contributed by atoms with Crippen LogP contribution in [0.15, 0.2) is 39.8 Å². The van der Waals surface area contributed by atoms with Crippen LogP contribution in [-0.2, 0) is 0 Å². The Morgan fingerprint density at radius 3 is 2.62 bits per heavy atom.